The Bertz CT molecular complexity index is 464. The number of carboxylic acid groups (broad SMARTS) is 1. The minimum Gasteiger partial charge on any atom is -0.493 e. The van der Waals surface area contributed by atoms with Gasteiger partial charge in [0.25, 0.3) is 0 Å². The van der Waals surface area contributed by atoms with E-state index >= 15 is 0 Å². The fraction of sp³-hybridized carbons (Fsp3) is 0.500. The van der Waals surface area contributed by atoms with Crippen molar-refractivity contribution in [3.8, 4) is 5.75 Å². The lowest BCUT2D eigenvalue weighted by Crippen LogP contribution is -2.57. The zero-order valence-corrected chi connectivity index (χ0v) is 10.8. The van der Waals surface area contributed by atoms with Crippen LogP contribution in [0.15, 0.2) is 24.3 Å². The molecule has 1 unspecified atom stereocenters. The smallest absolute Gasteiger partial charge is 0.304 e. The van der Waals surface area contributed by atoms with E-state index in [4.69, 9.17) is 10.5 Å². The van der Waals surface area contributed by atoms with Crippen LogP contribution in [0.3, 0.4) is 0 Å². The van der Waals surface area contributed by atoms with Crippen LogP contribution in [-0.2, 0) is 10.2 Å². The maximum absolute atomic E-state index is 11.2. The van der Waals surface area contributed by atoms with Gasteiger partial charge in [0, 0.05) is 16.5 Å². The molecule has 1 heterocycles. The van der Waals surface area contributed by atoms with Gasteiger partial charge < -0.3 is 15.6 Å². The molecular weight excluding hydrogens is 230 g/mol. The third kappa shape index (κ3) is 1.97. The highest BCUT2D eigenvalue weighted by Crippen LogP contribution is 2.47. The number of fused-ring (bicyclic) bond motifs is 1. The Hall–Kier alpha value is -1.55. The lowest BCUT2D eigenvalue weighted by atomic mass is 9.62. The van der Waals surface area contributed by atoms with Crippen LogP contribution in [0, 0.1) is 0 Å². The van der Waals surface area contributed by atoms with Crippen LogP contribution in [0.1, 0.15) is 32.3 Å². The van der Waals surface area contributed by atoms with Crippen LogP contribution < -0.4 is 10.5 Å². The third-order valence-electron chi connectivity index (χ3n) is 3.88. The number of para-hydroxylation sites is 1. The Balaban J connectivity index is 2.59. The van der Waals surface area contributed by atoms with Gasteiger partial charge in [-0.15, -0.1) is 0 Å². The number of rotatable bonds is 3. The maximum Gasteiger partial charge on any atom is 0.304 e. The predicted molar refractivity (Wildman–Crippen MR) is 68.8 cm³/mol. The summed E-state index contributed by atoms with van der Waals surface area (Å²) in [5.74, 6) is -0.0752. The van der Waals surface area contributed by atoms with Gasteiger partial charge in [-0.05, 0) is 26.3 Å². The van der Waals surface area contributed by atoms with Crippen molar-refractivity contribution in [3.05, 3.63) is 29.8 Å². The second kappa shape index (κ2) is 4.28. The first-order valence-electron chi connectivity index (χ1n) is 6.10. The summed E-state index contributed by atoms with van der Waals surface area (Å²) in [4.78, 5) is 11.2. The zero-order chi connectivity index (χ0) is 13.4. The molecule has 0 radical (unpaired) electrons. The average molecular weight is 249 g/mol. The molecule has 1 aromatic carbocycles. The largest absolute Gasteiger partial charge is 0.493 e. The first-order valence-corrected chi connectivity index (χ1v) is 6.10. The van der Waals surface area contributed by atoms with Crippen molar-refractivity contribution in [1.29, 1.82) is 0 Å². The quantitative estimate of drug-likeness (QED) is 0.858. The van der Waals surface area contributed by atoms with E-state index in [1.165, 1.54) is 0 Å². The van der Waals surface area contributed by atoms with Gasteiger partial charge in [-0.1, -0.05) is 18.2 Å². The number of hydrogen-bond donors (Lipinski definition) is 2. The van der Waals surface area contributed by atoms with Crippen LogP contribution in [0.5, 0.6) is 5.75 Å². The molecule has 3 N–H and O–H groups in total. The molecule has 2 rings (SSSR count). The SMILES string of the molecule is CC(C)(N)C1(CC(=O)O)CCOc2ccccc21. The van der Waals surface area contributed by atoms with E-state index in [0.29, 0.717) is 13.0 Å². The summed E-state index contributed by atoms with van der Waals surface area (Å²) >= 11 is 0. The summed E-state index contributed by atoms with van der Waals surface area (Å²) in [6.07, 6.45) is 0.649. The highest BCUT2D eigenvalue weighted by Gasteiger charge is 2.48. The Morgan fingerprint density at radius 2 is 2.17 bits per heavy atom. The van der Waals surface area contributed by atoms with Crippen molar-refractivity contribution in [2.75, 3.05) is 6.61 Å². The highest BCUT2D eigenvalue weighted by atomic mass is 16.5. The predicted octanol–water partition coefficient (Wildman–Crippen LogP) is 1.92. The summed E-state index contributed by atoms with van der Waals surface area (Å²) in [7, 11) is 0. The molecule has 0 spiro atoms. The van der Waals surface area contributed by atoms with Crippen molar-refractivity contribution in [3.63, 3.8) is 0 Å². The number of ether oxygens (including phenoxy) is 1. The van der Waals surface area contributed by atoms with E-state index in [1.54, 1.807) is 0 Å². The molecule has 0 aliphatic carbocycles. The molecule has 18 heavy (non-hydrogen) atoms. The number of benzene rings is 1. The van der Waals surface area contributed by atoms with Crippen LogP contribution >= 0.6 is 0 Å². The van der Waals surface area contributed by atoms with E-state index in [1.807, 2.05) is 38.1 Å². The van der Waals surface area contributed by atoms with E-state index < -0.39 is 16.9 Å². The summed E-state index contributed by atoms with van der Waals surface area (Å²) < 4.78 is 5.61. The van der Waals surface area contributed by atoms with Gasteiger partial charge >= 0.3 is 5.97 Å². The maximum atomic E-state index is 11.2. The van der Waals surface area contributed by atoms with Gasteiger partial charge in [0.05, 0.1) is 13.0 Å². The third-order valence-corrected chi connectivity index (χ3v) is 3.88. The fourth-order valence-corrected chi connectivity index (χ4v) is 2.80. The van der Waals surface area contributed by atoms with E-state index in [9.17, 15) is 9.90 Å². The van der Waals surface area contributed by atoms with Crippen LogP contribution in [-0.4, -0.2) is 23.2 Å². The number of aliphatic carboxylic acids is 1. The molecule has 0 fully saturated rings. The van der Waals surface area contributed by atoms with Gasteiger partial charge in [-0.3, -0.25) is 4.79 Å². The summed E-state index contributed by atoms with van der Waals surface area (Å²) in [5, 5.41) is 9.22. The van der Waals surface area contributed by atoms with Gasteiger partial charge in [-0.25, -0.2) is 0 Å². The Morgan fingerprint density at radius 1 is 1.50 bits per heavy atom. The van der Waals surface area contributed by atoms with Gasteiger partial charge in [0.1, 0.15) is 5.75 Å². The molecule has 1 atom stereocenters. The summed E-state index contributed by atoms with van der Waals surface area (Å²) in [5.41, 5.74) is 6.00. The van der Waals surface area contributed by atoms with Gasteiger partial charge in [-0.2, -0.15) is 0 Å². The molecule has 1 aromatic rings. The Kier molecular flexibility index (Phi) is 3.07. The minimum atomic E-state index is -0.828. The van der Waals surface area contributed by atoms with E-state index in [-0.39, 0.29) is 6.42 Å². The van der Waals surface area contributed by atoms with Crippen molar-refractivity contribution in [2.24, 2.45) is 5.73 Å². The molecule has 98 valence electrons. The molecule has 0 aromatic heterocycles. The van der Waals surface area contributed by atoms with Gasteiger partial charge in [0.15, 0.2) is 0 Å². The second-order valence-electron chi connectivity index (χ2n) is 5.47. The lowest BCUT2D eigenvalue weighted by molar-refractivity contribution is -0.139. The molecule has 4 nitrogen and oxygen atoms in total. The van der Waals surface area contributed by atoms with Crippen molar-refractivity contribution in [1.82, 2.24) is 0 Å². The van der Waals surface area contributed by atoms with Crippen LogP contribution in [0.2, 0.25) is 0 Å². The van der Waals surface area contributed by atoms with Crippen molar-refractivity contribution >= 4 is 5.97 Å². The Morgan fingerprint density at radius 3 is 2.78 bits per heavy atom. The normalized spacial score (nSPS) is 23.1. The highest BCUT2D eigenvalue weighted by molar-refractivity contribution is 5.70. The molecule has 0 bridgehead atoms. The van der Waals surface area contributed by atoms with Crippen molar-refractivity contribution < 1.29 is 14.6 Å². The zero-order valence-electron chi connectivity index (χ0n) is 10.8. The first-order chi connectivity index (χ1) is 8.37. The Labute approximate surface area is 107 Å². The lowest BCUT2D eigenvalue weighted by Gasteiger charge is -2.47. The number of carboxylic acids is 1. The molecule has 0 saturated carbocycles. The number of carbonyl (C=O) groups is 1. The monoisotopic (exact) mass is 249 g/mol. The second-order valence-corrected chi connectivity index (χ2v) is 5.47. The molecule has 1 aliphatic heterocycles. The van der Waals surface area contributed by atoms with Gasteiger partial charge in [0.2, 0.25) is 0 Å². The first kappa shape index (κ1) is 12.9. The number of nitrogens with two attached hydrogens (primary N) is 1. The average Bonchev–Trinajstić information content (AvgIpc) is 2.27. The molecule has 1 aliphatic rings. The van der Waals surface area contributed by atoms with Crippen LogP contribution in [0.4, 0.5) is 0 Å². The molecular formula is C14H19NO3. The van der Waals surface area contributed by atoms with Crippen molar-refractivity contribution in [2.45, 2.75) is 37.6 Å². The number of hydrogen-bond acceptors (Lipinski definition) is 3. The molecule has 0 saturated heterocycles. The molecule has 4 heteroatoms. The topological polar surface area (TPSA) is 72.6 Å². The molecule has 0 amide bonds. The fourth-order valence-electron chi connectivity index (χ4n) is 2.80. The standard InChI is InChI=1S/C14H19NO3/c1-13(2,15)14(9-12(16)17)7-8-18-11-6-4-3-5-10(11)14/h3-6H,7-9,15H2,1-2H3,(H,16,17). The summed E-state index contributed by atoms with van der Waals surface area (Å²) in [6.45, 7) is 4.28. The van der Waals surface area contributed by atoms with Crippen LogP contribution in [0.25, 0.3) is 0 Å². The van der Waals surface area contributed by atoms with E-state index in [0.717, 1.165) is 11.3 Å². The minimum absolute atomic E-state index is 0.0247. The van der Waals surface area contributed by atoms with E-state index in [2.05, 4.69) is 0 Å². The summed E-state index contributed by atoms with van der Waals surface area (Å²) in [6, 6.07) is 7.58.